The number of nitro groups is 2. The molecule has 3 aromatic rings. The predicted octanol–water partition coefficient (Wildman–Crippen LogP) is 2.46. The Morgan fingerprint density at radius 1 is 1.00 bits per heavy atom. The molecule has 120 valence electrons. The van der Waals surface area contributed by atoms with E-state index in [1.807, 2.05) is 0 Å². The van der Waals surface area contributed by atoms with Crippen LogP contribution in [0.1, 0.15) is 10.4 Å². The van der Waals surface area contributed by atoms with Gasteiger partial charge < -0.3 is 9.52 Å². The third-order valence-corrected chi connectivity index (χ3v) is 3.43. The standard InChI is InChI=1S/C14H6N2O8/c17-13(18)9-3-7(16(22)23)4-10-12(9)8-2-1-6(15(20)21)5-11(8)24-14(10)19/h1-5H,(H,17,18). The highest BCUT2D eigenvalue weighted by molar-refractivity contribution is 6.15. The van der Waals surface area contributed by atoms with Crippen molar-refractivity contribution in [3.8, 4) is 0 Å². The highest BCUT2D eigenvalue weighted by atomic mass is 16.6. The molecule has 0 radical (unpaired) electrons. The molecule has 1 aromatic heterocycles. The number of fused-ring (bicyclic) bond motifs is 3. The van der Waals surface area contributed by atoms with Gasteiger partial charge in [0, 0.05) is 29.0 Å². The molecule has 10 nitrogen and oxygen atoms in total. The molecule has 0 aliphatic carbocycles. The van der Waals surface area contributed by atoms with Gasteiger partial charge in [0.2, 0.25) is 0 Å². The van der Waals surface area contributed by atoms with E-state index in [1.54, 1.807) is 0 Å². The van der Waals surface area contributed by atoms with Crippen molar-refractivity contribution in [1.29, 1.82) is 0 Å². The van der Waals surface area contributed by atoms with Gasteiger partial charge in [-0.1, -0.05) is 0 Å². The lowest BCUT2D eigenvalue weighted by molar-refractivity contribution is -0.385. The maximum absolute atomic E-state index is 12.1. The zero-order chi connectivity index (χ0) is 17.6. The molecule has 0 amide bonds. The van der Waals surface area contributed by atoms with Gasteiger partial charge in [-0.3, -0.25) is 20.2 Å². The first-order chi connectivity index (χ1) is 11.3. The molecule has 0 saturated heterocycles. The summed E-state index contributed by atoms with van der Waals surface area (Å²) in [6, 6.07) is 5.08. The van der Waals surface area contributed by atoms with Gasteiger partial charge in [-0.05, 0) is 6.07 Å². The van der Waals surface area contributed by atoms with Crippen LogP contribution >= 0.6 is 0 Å². The summed E-state index contributed by atoms with van der Waals surface area (Å²) in [5, 5.41) is 30.8. The number of carbonyl (C=O) groups is 1. The Labute approximate surface area is 130 Å². The van der Waals surface area contributed by atoms with Crippen LogP contribution in [0, 0.1) is 20.2 Å². The summed E-state index contributed by atoms with van der Waals surface area (Å²) in [7, 11) is 0. The third-order valence-electron chi connectivity index (χ3n) is 3.43. The Balaban J connectivity index is 2.55. The molecule has 0 atom stereocenters. The van der Waals surface area contributed by atoms with Crippen LogP contribution in [0.3, 0.4) is 0 Å². The van der Waals surface area contributed by atoms with E-state index >= 15 is 0 Å². The quantitative estimate of drug-likeness (QED) is 0.332. The number of hydrogen-bond donors (Lipinski definition) is 1. The van der Waals surface area contributed by atoms with Crippen molar-refractivity contribution in [3.63, 3.8) is 0 Å². The van der Waals surface area contributed by atoms with Crippen LogP contribution in [-0.4, -0.2) is 20.9 Å². The number of benzene rings is 2. The van der Waals surface area contributed by atoms with Crippen LogP contribution in [0.2, 0.25) is 0 Å². The van der Waals surface area contributed by atoms with Crippen molar-refractivity contribution in [2.24, 2.45) is 0 Å². The smallest absolute Gasteiger partial charge is 0.344 e. The first-order valence-electron chi connectivity index (χ1n) is 6.36. The number of aromatic carboxylic acids is 1. The zero-order valence-corrected chi connectivity index (χ0v) is 11.6. The molecule has 3 rings (SSSR count). The fourth-order valence-electron chi connectivity index (χ4n) is 2.42. The third kappa shape index (κ3) is 2.22. The summed E-state index contributed by atoms with van der Waals surface area (Å²) in [6.45, 7) is 0. The lowest BCUT2D eigenvalue weighted by Gasteiger charge is -2.06. The van der Waals surface area contributed by atoms with E-state index in [9.17, 15) is 34.9 Å². The Hall–Kier alpha value is -3.82. The number of nitrogens with zero attached hydrogens (tertiary/aromatic N) is 2. The summed E-state index contributed by atoms with van der Waals surface area (Å²) >= 11 is 0. The summed E-state index contributed by atoms with van der Waals surface area (Å²) in [6.07, 6.45) is 0. The number of carboxylic acid groups (broad SMARTS) is 1. The van der Waals surface area contributed by atoms with Gasteiger partial charge in [-0.25, -0.2) is 9.59 Å². The first kappa shape index (κ1) is 15.1. The van der Waals surface area contributed by atoms with Gasteiger partial charge in [0.25, 0.3) is 11.4 Å². The van der Waals surface area contributed by atoms with Gasteiger partial charge in [-0.15, -0.1) is 0 Å². The van der Waals surface area contributed by atoms with E-state index in [1.165, 1.54) is 6.07 Å². The summed E-state index contributed by atoms with van der Waals surface area (Å²) in [4.78, 5) is 43.7. The normalized spacial score (nSPS) is 10.8. The van der Waals surface area contributed by atoms with Crippen LogP contribution in [0.25, 0.3) is 21.7 Å². The predicted molar refractivity (Wildman–Crippen MR) is 80.3 cm³/mol. The van der Waals surface area contributed by atoms with Crippen LogP contribution in [0.15, 0.2) is 39.5 Å². The summed E-state index contributed by atoms with van der Waals surface area (Å²) in [5.74, 6) is -1.48. The Morgan fingerprint density at radius 2 is 1.67 bits per heavy atom. The highest BCUT2D eigenvalue weighted by Gasteiger charge is 2.22. The zero-order valence-electron chi connectivity index (χ0n) is 11.6. The van der Waals surface area contributed by atoms with Gasteiger partial charge in [-0.2, -0.15) is 0 Å². The maximum atomic E-state index is 12.1. The molecule has 0 saturated carbocycles. The van der Waals surface area contributed by atoms with Crippen LogP contribution in [-0.2, 0) is 0 Å². The SMILES string of the molecule is O=C(O)c1cc([N+](=O)[O-])cc2c(=O)oc3cc([N+](=O)[O-])ccc3c12. The second-order valence-electron chi connectivity index (χ2n) is 4.81. The molecule has 0 fully saturated rings. The second-order valence-corrected chi connectivity index (χ2v) is 4.81. The lowest BCUT2D eigenvalue weighted by Crippen LogP contribution is -2.07. The monoisotopic (exact) mass is 330 g/mol. The largest absolute Gasteiger partial charge is 0.478 e. The van der Waals surface area contributed by atoms with E-state index in [-0.39, 0.29) is 27.4 Å². The number of non-ortho nitro benzene ring substituents is 2. The van der Waals surface area contributed by atoms with Crippen LogP contribution < -0.4 is 5.63 Å². The molecule has 1 N–H and O–H groups in total. The fourth-order valence-corrected chi connectivity index (χ4v) is 2.42. The van der Waals surface area contributed by atoms with Crippen molar-refractivity contribution in [3.05, 3.63) is 66.5 Å². The van der Waals surface area contributed by atoms with E-state index < -0.39 is 32.7 Å². The van der Waals surface area contributed by atoms with Crippen molar-refractivity contribution in [2.75, 3.05) is 0 Å². The minimum absolute atomic E-state index is 0.0748. The van der Waals surface area contributed by atoms with E-state index in [0.29, 0.717) is 0 Å². The minimum Gasteiger partial charge on any atom is -0.478 e. The van der Waals surface area contributed by atoms with E-state index in [2.05, 4.69) is 0 Å². The molecule has 0 aliphatic rings. The molecule has 0 unspecified atom stereocenters. The number of rotatable bonds is 3. The van der Waals surface area contributed by atoms with E-state index in [0.717, 1.165) is 24.3 Å². The minimum atomic E-state index is -1.48. The molecular weight excluding hydrogens is 324 g/mol. The topological polar surface area (TPSA) is 154 Å². The van der Waals surface area contributed by atoms with Gasteiger partial charge in [0.05, 0.1) is 26.9 Å². The van der Waals surface area contributed by atoms with Gasteiger partial charge in [0.1, 0.15) is 5.58 Å². The Morgan fingerprint density at radius 3 is 2.25 bits per heavy atom. The Kier molecular flexibility index (Phi) is 3.22. The molecule has 0 bridgehead atoms. The van der Waals surface area contributed by atoms with Gasteiger partial charge >= 0.3 is 11.6 Å². The lowest BCUT2D eigenvalue weighted by atomic mass is 10.0. The van der Waals surface area contributed by atoms with Crippen LogP contribution in [0.5, 0.6) is 0 Å². The molecule has 2 aromatic carbocycles. The molecule has 10 heteroatoms. The average molecular weight is 330 g/mol. The molecule has 0 aliphatic heterocycles. The van der Waals surface area contributed by atoms with Crippen molar-refractivity contribution in [1.82, 2.24) is 0 Å². The number of carboxylic acids is 1. The molecule has 24 heavy (non-hydrogen) atoms. The van der Waals surface area contributed by atoms with Crippen molar-refractivity contribution >= 4 is 39.1 Å². The summed E-state index contributed by atoms with van der Waals surface area (Å²) < 4.78 is 4.96. The summed E-state index contributed by atoms with van der Waals surface area (Å²) in [5.41, 5.74) is -2.59. The molecule has 1 heterocycles. The molecule has 0 spiro atoms. The molecular formula is C14H6N2O8. The number of nitro benzene ring substituents is 2. The Bertz CT molecular complexity index is 1120. The number of hydrogen-bond acceptors (Lipinski definition) is 7. The highest BCUT2D eigenvalue weighted by Crippen LogP contribution is 2.31. The average Bonchev–Trinajstić information content (AvgIpc) is 2.53. The van der Waals surface area contributed by atoms with Crippen molar-refractivity contribution < 1.29 is 24.2 Å². The van der Waals surface area contributed by atoms with Gasteiger partial charge in [0.15, 0.2) is 0 Å². The van der Waals surface area contributed by atoms with E-state index in [4.69, 9.17) is 4.42 Å². The van der Waals surface area contributed by atoms with Crippen molar-refractivity contribution in [2.45, 2.75) is 0 Å². The van der Waals surface area contributed by atoms with Crippen LogP contribution in [0.4, 0.5) is 11.4 Å². The first-order valence-corrected chi connectivity index (χ1v) is 6.36. The fraction of sp³-hybridized carbons (Fsp3) is 0. The second kappa shape index (κ2) is 5.12. The maximum Gasteiger partial charge on any atom is 0.344 e.